The van der Waals surface area contributed by atoms with Gasteiger partial charge in [-0.2, -0.15) is 5.10 Å². The van der Waals surface area contributed by atoms with Crippen LogP contribution in [0.2, 0.25) is 5.02 Å². The van der Waals surface area contributed by atoms with Crippen molar-refractivity contribution in [3.8, 4) is 0 Å². The summed E-state index contributed by atoms with van der Waals surface area (Å²) in [4.78, 5) is 12.0. The summed E-state index contributed by atoms with van der Waals surface area (Å²) in [6, 6.07) is 0.0778. The zero-order valence-corrected chi connectivity index (χ0v) is 11.3. The van der Waals surface area contributed by atoms with Crippen LogP contribution in [0, 0.1) is 12.8 Å². The molecule has 2 rings (SSSR count). The lowest BCUT2D eigenvalue weighted by Gasteiger charge is -2.37. The molecule has 0 aromatic carbocycles. The molecular formula is C12H18ClN3O2. The smallest absolute Gasteiger partial charge is 0.273 e. The van der Waals surface area contributed by atoms with Crippen LogP contribution in [-0.4, -0.2) is 33.4 Å². The van der Waals surface area contributed by atoms with Gasteiger partial charge in [-0.05, 0) is 32.1 Å². The number of aryl methyl sites for hydroxylation is 1. The summed E-state index contributed by atoms with van der Waals surface area (Å²) in [5.41, 5.74) is 0.932. The van der Waals surface area contributed by atoms with Gasteiger partial charge in [-0.3, -0.25) is 9.89 Å². The summed E-state index contributed by atoms with van der Waals surface area (Å²) in [6.45, 7) is 3.79. The van der Waals surface area contributed by atoms with Crippen molar-refractivity contribution >= 4 is 17.5 Å². The summed E-state index contributed by atoms with van der Waals surface area (Å²) in [7, 11) is 0. The molecular weight excluding hydrogens is 254 g/mol. The first-order valence-corrected chi connectivity index (χ1v) is 6.60. The summed E-state index contributed by atoms with van der Waals surface area (Å²) in [5.74, 6) is 0.102. The van der Waals surface area contributed by atoms with Gasteiger partial charge in [0, 0.05) is 6.04 Å². The molecule has 6 heteroatoms. The van der Waals surface area contributed by atoms with Gasteiger partial charge in [-0.15, -0.1) is 0 Å². The van der Waals surface area contributed by atoms with E-state index < -0.39 is 0 Å². The van der Waals surface area contributed by atoms with Gasteiger partial charge in [0.05, 0.1) is 16.8 Å². The quantitative estimate of drug-likeness (QED) is 0.779. The van der Waals surface area contributed by atoms with Crippen LogP contribution in [-0.2, 0) is 0 Å². The molecule has 1 aliphatic rings. The van der Waals surface area contributed by atoms with E-state index in [1.54, 1.807) is 6.92 Å². The summed E-state index contributed by atoms with van der Waals surface area (Å²) in [5, 5.41) is 19.2. The number of hydrogen-bond acceptors (Lipinski definition) is 3. The van der Waals surface area contributed by atoms with Gasteiger partial charge < -0.3 is 10.4 Å². The van der Waals surface area contributed by atoms with Crippen LogP contribution in [0.4, 0.5) is 0 Å². The maximum atomic E-state index is 12.0. The topological polar surface area (TPSA) is 78.0 Å². The van der Waals surface area contributed by atoms with Crippen molar-refractivity contribution in [2.45, 2.75) is 45.3 Å². The molecule has 1 aromatic rings. The van der Waals surface area contributed by atoms with Crippen LogP contribution in [0.5, 0.6) is 0 Å². The summed E-state index contributed by atoms with van der Waals surface area (Å²) >= 11 is 5.99. The molecule has 100 valence electrons. The third kappa shape index (κ3) is 2.52. The van der Waals surface area contributed by atoms with Crippen molar-refractivity contribution in [3.63, 3.8) is 0 Å². The Morgan fingerprint density at radius 3 is 2.78 bits per heavy atom. The zero-order valence-electron chi connectivity index (χ0n) is 10.5. The number of carbonyl (C=O) groups is 1. The minimum absolute atomic E-state index is 0.0778. The molecule has 1 saturated carbocycles. The molecule has 1 atom stereocenters. The van der Waals surface area contributed by atoms with E-state index in [9.17, 15) is 9.90 Å². The lowest BCUT2D eigenvalue weighted by atomic mass is 9.76. The lowest BCUT2D eigenvalue weighted by molar-refractivity contribution is 0.0232. The van der Waals surface area contributed by atoms with E-state index in [0.29, 0.717) is 16.6 Å². The van der Waals surface area contributed by atoms with E-state index in [4.69, 9.17) is 11.6 Å². The van der Waals surface area contributed by atoms with Crippen LogP contribution in [0.1, 0.15) is 42.4 Å². The fourth-order valence-electron chi connectivity index (χ4n) is 2.31. The first-order chi connectivity index (χ1) is 8.52. The molecule has 0 bridgehead atoms. The predicted molar refractivity (Wildman–Crippen MR) is 68.6 cm³/mol. The first-order valence-electron chi connectivity index (χ1n) is 6.22. The van der Waals surface area contributed by atoms with Crippen molar-refractivity contribution in [1.82, 2.24) is 15.5 Å². The molecule has 1 heterocycles. The summed E-state index contributed by atoms with van der Waals surface area (Å²) in [6.07, 6.45) is 2.14. The van der Waals surface area contributed by atoms with Crippen LogP contribution in [0.3, 0.4) is 0 Å². The highest BCUT2D eigenvalue weighted by Gasteiger charge is 2.34. The van der Waals surface area contributed by atoms with Crippen LogP contribution in [0.25, 0.3) is 0 Å². The average Bonchev–Trinajstić information content (AvgIpc) is 2.63. The van der Waals surface area contributed by atoms with Crippen molar-refractivity contribution in [2.75, 3.05) is 0 Å². The Labute approximate surface area is 111 Å². The van der Waals surface area contributed by atoms with E-state index in [-0.39, 0.29) is 23.7 Å². The maximum absolute atomic E-state index is 12.0. The monoisotopic (exact) mass is 271 g/mol. The number of amides is 1. The molecule has 1 unspecified atom stereocenters. The standard InChI is InChI=1S/C12H18ClN3O2/c1-3-9(7-4-8(17)5-7)14-12(18)11-10(13)6(2)15-16-11/h7-9,17H,3-5H2,1-2H3,(H,14,18)(H,15,16). The number of aromatic amines is 1. The average molecular weight is 272 g/mol. The Balaban J connectivity index is 1.99. The SMILES string of the molecule is CCC(NC(=O)c1n[nH]c(C)c1Cl)C1CC(O)C1. The Hall–Kier alpha value is -1.07. The van der Waals surface area contributed by atoms with Gasteiger partial charge >= 0.3 is 0 Å². The number of aromatic nitrogens is 2. The fraction of sp³-hybridized carbons (Fsp3) is 0.667. The molecule has 0 radical (unpaired) electrons. The third-order valence-electron chi connectivity index (χ3n) is 3.56. The van der Waals surface area contributed by atoms with Gasteiger partial charge in [-0.1, -0.05) is 18.5 Å². The van der Waals surface area contributed by atoms with Crippen molar-refractivity contribution in [3.05, 3.63) is 16.4 Å². The Bertz CT molecular complexity index is 441. The summed E-state index contributed by atoms with van der Waals surface area (Å²) < 4.78 is 0. The highest BCUT2D eigenvalue weighted by molar-refractivity contribution is 6.34. The van der Waals surface area contributed by atoms with Crippen molar-refractivity contribution < 1.29 is 9.90 Å². The van der Waals surface area contributed by atoms with E-state index in [1.807, 2.05) is 6.92 Å². The van der Waals surface area contributed by atoms with E-state index in [0.717, 1.165) is 19.3 Å². The molecule has 3 N–H and O–H groups in total. The predicted octanol–water partition coefficient (Wildman–Crippen LogP) is 1.65. The molecule has 5 nitrogen and oxygen atoms in total. The normalized spacial score (nSPS) is 24.4. The van der Waals surface area contributed by atoms with E-state index in [2.05, 4.69) is 15.5 Å². The second-order valence-electron chi connectivity index (χ2n) is 4.88. The maximum Gasteiger partial charge on any atom is 0.273 e. The Morgan fingerprint density at radius 1 is 1.67 bits per heavy atom. The molecule has 0 saturated heterocycles. The lowest BCUT2D eigenvalue weighted by Crippen LogP contribution is -2.46. The zero-order chi connectivity index (χ0) is 13.3. The third-order valence-corrected chi connectivity index (χ3v) is 4.03. The number of nitrogens with zero attached hydrogens (tertiary/aromatic N) is 1. The number of nitrogens with one attached hydrogen (secondary N) is 2. The van der Waals surface area contributed by atoms with Crippen LogP contribution < -0.4 is 5.32 Å². The van der Waals surface area contributed by atoms with Gasteiger partial charge in [0.1, 0.15) is 0 Å². The van der Waals surface area contributed by atoms with E-state index in [1.165, 1.54) is 0 Å². The number of hydrogen-bond donors (Lipinski definition) is 3. The molecule has 0 aliphatic heterocycles. The first kappa shape index (κ1) is 13.4. The second kappa shape index (κ2) is 5.28. The fourth-order valence-corrected chi connectivity index (χ4v) is 2.48. The van der Waals surface area contributed by atoms with Gasteiger partial charge in [0.25, 0.3) is 5.91 Å². The van der Waals surface area contributed by atoms with Crippen LogP contribution in [0.15, 0.2) is 0 Å². The number of aliphatic hydroxyl groups excluding tert-OH is 1. The minimum Gasteiger partial charge on any atom is -0.393 e. The molecule has 1 aliphatic carbocycles. The van der Waals surface area contributed by atoms with E-state index >= 15 is 0 Å². The van der Waals surface area contributed by atoms with Crippen LogP contribution >= 0.6 is 11.6 Å². The number of aliphatic hydroxyl groups is 1. The number of rotatable bonds is 4. The second-order valence-corrected chi connectivity index (χ2v) is 5.26. The Morgan fingerprint density at radius 2 is 2.33 bits per heavy atom. The molecule has 1 amide bonds. The molecule has 1 fully saturated rings. The molecule has 0 spiro atoms. The number of halogens is 1. The highest BCUT2D eigenvalue weighted by Crippen LogP contribution is 2.31. The van der Waals surface area contributed by atoms with Gasteiger partial charge in [0.15, 0.2) is 5.69 Å². The van der Waals surface area contributed by atoms with Crippen molar-refractivity contribution in [1.29, 1.82) is 0 Å². The number of carbonyl (C=O) groups excluding carboxylic acids is 1. The van der Waals surface area contributed by atoms with Gasteiger partial charge in [0.2, 0.25) is 0 Å². The van der Waals surface area contributed by atoms with Gasteiger partial charge in [-0.25, -0.2) is 0 Å². The highest BCUT2D eigenvalue weighted by atomic mass is 35.5. The molecule has 1 aromatic heterocycles. The minimum atomic E-state index is -0.252. The Kier molecular flexibility index (Phi) is 3.92. The largest absolute Gasteiger partial charge is 0.393 e. The number of H-pyrrole nitrogens is 1. The van der Waals surface area contributed by atoms with Crippen molar-refractivity contribution in [2.24, 2.45) is 5.92 Å². The molecule has 18 heavy (non-hydrogen) atoms.